The molecule has 0 fully saturated rings. The van der Waals surface area contributed by atoms with Crippen LogP contribution in [0.5, 0.6) is 0 Å². The molecule has 2 N–H and O–H groups in total. The molecule has 0 spiro atoms. The number of halogens is 2. The lowest BCUT2D eigenvalue weighted by Gasteiger charge is -2.11. The number of hydrogen-bond donors (Lipinski definition) is 2. The van der Waals surface area contributed by atoms with Crippen LogP contribution >= 0.6 is 0 Å². The summed E-state index contributed by atoms with van der Waals surface area (Å²) in [5.74, 6) is -4.09. The van der Waals surface area contributed by atoms with Gasteiger partial charge in [0.1, 0.15) is 17.2 Å². The van der Waals surface area contributed by atoms with Crippen LogP contribution in [0, 0.1) is 17.6 Å². The van der Waals surface area contributed by atoms with Gasteiger partial charge in [0.2, 0.25) is 0 Å². The Labute approximate surface area is 103 Å². The molecule has 98 valence electrons. The molecule has 0 aliphatic rings. The smallest absolute Gasteiger partial charge is 0.303 e. The largest absolute Gasteiger partial charge is 0.481 e. The van der Waals surface area contributed by atoms with Crippen molar-refractivity contribution in [3.05, 3.63) is 35.4 Å². The molecule has 1 rings (SSSR count). The summed E-state index contributed by atoms with van der Waals surface area (Å²) in [5.41, 5.74) is -0.653. The van der Waals surface area contributed by atoms with E-state index < -0.39 is 29.1 Å². The highest BCUT2D eigenvalue weighted by molar-refractivity contribution is 5.94. The summed E-state index contributed by atoms with van der Waals surface area (Å²) in [6.45, 7) is 1.66. The van der Waals surface area contributed by atoms with Gasteiger partial charge >= 0.3 is 5.97 Å². The number of amides is 1. The Morgan fingerprint density at radius 2 is 1.89 bits per heavy atom. The molecule has 6 heteroatoms. The summed E-state index contributed by atoms with van der Waals surface area (Å²) in [7, 11) is 0. The maximum absolute atomic E-state index is 13.2. The first-order chi connectivity index (χ1) is 8.41. The minimum absolute atomic E-state index is 0.0406. The predicted molar refractivity (Wildman–Crippen MR) is 60.1 cm³/mol. The summed E-state index contributed by atoms with van der Waals surface area (Å²) < 4.78 is 26.5. The first-order valence-corrected chi connectivity index (χ1v) is 5.35. The summed E-state index contributed by atoms with van der Waals surface area (Å²) in [6.07, 6.45) is -0.125. The number of hydrogen-bond acceptors (Lipinski definition) is 2. The van der Waals surface area contributed by atoms with Crippen molar-refractivity contribution in [1.82, 2.24) is 5.32 Å². The molecule has 1 atom stereocenters. The third-order valence-corrected chi connectivity index (χ3v) is 2.32. The van der Waals surface area contributed by atoms with Gasteiger partial charge in [0.25, 0.3) is 5.91 Å². The van der Waals surface area contributed by atoms with Gasteiger partial charge in [-0.1, -0.05) is 13.0 Å². The van der Waals surface area contributed by atoms with E-state index in [1.54, 1.807) is 6.92 Å². The van der Waals surface area contributed by atoms with E-state index in [9.17, 15) is 18.4 Å². The van der Waals surface area contributed by atoms with E-state index >= 15 is 0 Å². The number of aliphatic carboxylic acids is 1. The molecule has 0 heterocycles. The highest BCUT2D eigenvalue weighted by Gasteiger charge is 2.17. The predicted octanol–water partition coefficient (Wildman–Crippen LogP) is 1.81. The second kappa shape index (κ2) is 6.09. The van der Waals surface area contributed by atoms with Crippen LogP contribution in [0.4, 0.5) is 8.78 Å². The van der Waals surface area contributed by atoms with Crippen LogP contribution in [0.2, 0.25) is 0 Å². The zero-order valence-electron chi connectivity index (χ0n) is 9.74. The van der Waals surface area contributed by atoms with Crippen molar-refractivity contribution in [2.45, 2.75) is 13.3 Å². The summed E-state index contributed by atoms with van der Waals surface area (Å²) >= 11 is 0. The second-order valence-electron chi connectivity index (χ2n) is 4.01. The van der Waals surface area contributed by atoms with Crippen molar-refractivity contribution in [2.75, 3.05) is 6.54 Å². The van der Waals surface area contributed by atoms with E-state index in [-0.39, 0.29) is 18.9 Å². The number of carbonyl (C=O) groups excluding carboxylic acids is 1. The maximum atomic E-state index is 13.2. The SMILES string of the molecule is CC(CNC(=O)c1c(F)cccc1F)CC(=O)O. The normalized spacial score (nSPS) is 11.9. The van der Waals surface area contributed by atoms with Gasteiger partial charge in [0.05, 0.1) is 0 Å². The van der Waals surface area contributed by atoms with Gasteiger partial charge in [-0.05, 0) is 18.1 Å². The molecule has 1 amide bonds. The van der Waals surface area contributed by atoms with Crippen LogP contribution < -0.4 is 5.32 Å². The van der Waals surface area contributed by atoms with Crippen LogP contribution in [-0.2, 0) is 4.79 Å². The molecule has 4 nitrogen and oxygen atoms in total. The molecule has 0 radical (unpaired) electrons. The monoisotopic (exact) mass is 257 g/mol. The average Bonchev–Trinajstić information content (AvgIpc) is 2.25. The van der Waals surface area contributed by atoms with Crippen LogP contribution in [0.25, 0.3) is 0 Å². The Kier molecular flexibility index (Phi) is 4.76. The highest BCUT2D eigenvalue weighted by Crippen LogP contribution is 2.12. The van der Waals surface area contributed by atoms with E-state index in [1.165, 1.54) is 0 Å². The first kappa shape index (κ1) is 14.1. The molecule has 0 saturated carbocycles. The lowest BCUT2D eigenvalue weighted by atomic mass is 10.1. The van der Waals surface area contributed by atoms with Gasteiger partial charge in [-0.15, -0.1) is 0 Å². The number of rotatable bonds is 5. The van der Waals surface area contributed by atoms with Gasteiger partial charge in [0, 0.05) is 13.0 Å². The Balaban J connectivity index is 2.63. The molecule has 0 saturated heterocycles. The number of benzene rings is 1. The average molecular weight is 257 g/mol. The van der Waals surface area contributed by atoms with Gasteiger partial charge in [-0.25, -0.2) is 8.78 Å². The summed E-state index contributed by atoms with van der Waals surface area (Å²) in [6, 6.07) is 3.13. The third kappa shape index (κ3) is 3.80. The van der Waals surface area contributed by atoms with Crippen LogP contribution in [-0.4, -0.2) is 23.5 Å². The quantitative estimate of drug-likeness (QED) is 0.845. The molecular formula is C12H13F2NO3. The van der Waals surface area contributed by atoms with Crippen molar-refractivity contribution < 1.29 is 23.5 Å². The third-order valence-electron chi connectivity index (χ3n) is 2.32. The van der Waals surface area contributed by atoms with Crippen molar-refractivity contribution >= 4 is 11.9 Å². The number of nitrogens with one attached hydrogen (secondary N) is 1. The zero-order valence-corrected chi connectivity index (χ0v) is 9.74. The molecular weight excluding hydrogens is 244 g/mol. The molecule has 0 aliphatic heterocycles. The molecule has 1 unspecified atom stereocenters. The Hall–Kier alpha value is -1.98. The van der Waals surface area contributed by atoms with Crippen LogP contribution in [0.15, 0.2) is 18.2 Å². The van der Waals surface area contributed by atoms with Gasteiger partial charge in [-0.2, -0.15) is 0 Å². The molecule has 0 aromatic heterocycles. The topological polar surface area (TPSA) is 66.4 Å². The minimum Gasteiger partial charge on any atom is -0.481 e. The highest BCUT2D eigenvalue weighted by atomic mass is 19.1. The Bertz CT molecular complexity index is 442. The van der Waals surface area contributed by atoms with Crippen LogP contribution in [0.3, 0.4) is 0 Å². The van der Waals surface area contributed by atoms with E-state index in [0.717, 1.165) is 18.2 Å². The zero-order chi connectivity index (χ0) is 13.7. The fraction of sp³-hybridized carbons (Fsp3) is 0.333. The molecule has 0 bridgehead atoms. The number of carboxylic acid groups (broad SMARTS) is 1. The fourth-order valence-electron chi connectivity index (χ4n) is 1.44. The fourth-order valence-corrected chi connectivity index (χ4v) is 1.44. The maximum Gasteiger partial charge on any atom is 0.303 e. The summed E-state index contributed by atoms with van der Waals surface area (Å²) in [5, 5.41) is 10.8. The van der Waals surface area contributed by atoms with E-state index in [1.807, 2.05) is 0 Å². The van der Waals surface area contributed by atoms with Crippen LogP contribution in [0.1, 0.15) is 23.7 Å². The van der Waals surface area contributed by atoms with Gasteiger partial charge in [0.15, 0.2) is 0 Å². The lowest BCUT2D eigenvalue weighted by molar-refractivity contribution is -0.137. The molecule has 1 aromatic carbocycles. The number of carbonyl (C=O) groups is 2. The minimum atomic E-state index is -0.992. The molecule has 1 aromatic rings. The lowest BCUT2D eigenvalue weighted by Crippen LogP contribution is -2.30. The number of carboxylic acids is 1. The van der Waals surface area contributed by atoms with Gasteiger partial charge in [-0.3, -0.25) is 9.59 Å². The van der Waals surface area contributed by atoms with Crippen molar-refractivity contribution in [1.29, 1.82) is 0 Å². The standard InChI is InChI=1S/C12H13F2NO3/c1-7(5-10(16)17)6-15-12(18)11-8(13)3-2-4-9(11)14/h2-4,7H,5-6H2,1H3,(H,15,18)(H,16,17). The Morgan fingerprint density at radius 3 is 2.39 bits per heavy atom. The molecule has 0 aliphatic carbocycles. The summed E-state index contributed by atoms with van der Waals surface area (Å²) in [4.78, 5) is 21.9. The van der Waals surface area contributed by atoms with Crippen molar-refractivity contribution in [3.8, 4) is 0 Å². The molecule has 18 heavy (non-hydrogen) atoms. The second-order valence-corrected chi connectivity index (χ2v) is 4.01. The van der Waals surface area contributed by atoms with E-state index in [2.05, 4.69) is 5.32 Å². The van der Waals surface area contributed by atoms with E-state index in [4.69, 9.17) is 5.11 Å². The first-order valence-electron chi connectivity index (χ1n) is 5.35. The van der Waals surface area contributed by atoms with Crippen molar-refractivity contribution in [2.24, 2.45) is 5.92 Å². The van der Waals surface area contributed by atoms with E-state index in [0.29, 0.717) is 0 Å². The van der Waals surface area contributed by atoms with Gasteiger partial charge < -0.3 is 10.4 Å². The van der Waals surface area contributed by atoms with Crippen molar-refractivity contribution in [3.63, 3.8) is 0 Å². The Morgan fingerprint density at radius 1 is 1.33 bits per heavy atom.